The number of para-hydroxylation sites is 2. The van der Waals surface area contributed by atoms with E-state index < -0.39 is 0 Å². The average molecular weight is 263 g/mol. The van der Waals surface area contributed by atoms with Gasteiger partial charge in [0.15, 0.2) is 10.3 Å². The van der Waals surface area contributed by atoms with Crippen LogP contribution in [0.1, 0.15) is 0 Å². The maximum atomic E-state index is 5.79. The molecule has 0 aliphatic rings. The first-order valence-electron chi connectivity index (χ1n) is 4.92. The molecule has 3 aromatic rings. The Morgan fingerprint density at radius 3 is 2.82 bits per heavy atom. The van der Waals surface area contributed by atoms with E-state index in [2.05, 4.69) is 19.9 Å². The first-order valence-corrected chi connectivity index (χ1v) is 6.12. The molecular weight excluding hydrogens is 256 g/mol. The molecule has 4 nitrogen and oxygen atoms in total. The van der Waals surface area contributed by atoms with Crippen LogP contribution < -0.4 is 0 Å². The Hall–Kier alpha value is -1.59. The molecule has 0 unspecified atom stereocenters. The van der Waals surface area contributed by atoms with Crippen molar-refractivity contribution in [3.63, 3.8) is 0 Å². The van der Waals surface area contributed by atoms with Gasteiger partial charge >= 0.3 is 0 Å². The van der Waals surface area contributed by atoms with E-state index in [1.807, 2.05) is 24.3 Å². The van der Waals surface area contributed by atoms with E-state index in [1.54, 1.807) is 12.3 Å². The van der Waals surface area contributed by atoms with Crippen LogP contribution in [0, 0.1) is 0 Å². The summed E-state index contributed by atoms with van der Waals surface area (Å²) in [6.07, 6.45) is 1.63. The molecule has 2 aromatic heterocycles. The molecule has 0 amide bonds. The van der Waals surface area contributed by atoms with Crippen molar-refractivity contribution >= 4 is 34.4 Å². The number of fused-ring (bicyclic) bond motifs is 1. The van der Waals surface area contributed by atoms with Crippen LogP contribution in [0.5, 0.6) is 0 Å². The summed E-state index contributed by atoms with van der Waals surface area (Å²) in [6, 6.07) is 9.49. The summed E-state index contributed by atoms with van der Waals surface area (Å²) in [5.41, 5.74) is 1.93. The molecule has 0 aliphatic heterocycles. The van der Waals surface area contributed by atoms with Crippen molar-refractivity contribution < 1.29 is 0 Å². The van der Waals surface area contributed by atoms with Crippen LogP contribution in [-0.2, 0) is 0 Å². The van der Waals surface area contributed by atoms with Gasteiger partial charge in [0, 0.05) is 6.20 Å². The maximum absolute atomic E-state index is 5.79. The molecule has 1 N–H and O–H groups in total. The lowest BCUT2D eigenvalue weighted by Crippen LogP contribution is -1.85. The molecule has 2 heterocycles. The van der Waals surface area contributed by atoms with Gasteiger partial charge in [-0.25, -0.2) is 15.0 Å². The van der Waals surface area contributed by atoms with E-state index in [9.17, 15) is 0 Å². The highest BCUT2D eigenvalue weighted by Gasteiger charge is 2.06. The van der Waals surface area contributed by atoms with Crippen molar-refractivity contribution in [2.75, 3.05) is 0 Å². The quantitative estimate of drug-likeness (QED) is 0.569. The molecule has 1 aromatic carbocycles. The normalized spacial score (nSPS) is 10.9. The Balaban J connectivity index is 1.94. The molecule has 84 valence electrons. The van der Waals surface area contributed by atoms with Crippen LogP contribution in [0.2, 0.25) is 5.15 Å². The molecule has 0 saturated carbocycles. The van der Waals surface area contributed by atoms with Gasteiger partial charge in [0.2, 0.25) is 0 Å². The van der Waals surface area contributed by atoms with E-state index in [4.69, 9.17) is 11.6 Å². The summed E-state index contributed by atoms with van der Waals surface area (Å²) >= 11 is 7.15. The fourth-order valence-electron chi connectivity index (χ4n) is 1.43. The summed E-state index contributed by atoms with van der Waals surface area (Å²) in [5, 5.41) is 1.77. The molecule has 0 bridgehead atoms. The SMILES string of the molecule is Clc1ccnc(Sc2nc3ccccc3[nH]2)n1. The number of nitrogens with zero attached hydrogens (tertiary/aromatic N) is 3. The van der Waals surface area contributed by atoms with Gasteiger partial charge in [0.1, 0.15) is 5.15 Å². The summed E-state index contributed by atoms with van der Waals surface area (Å²) in [4.78, 5) is 15.8. The molecular formula is C11H7ClN4S. The van der Waals surface area contributed by atoms with E-state index in [0.717, 1.165) is 16.2 Å². The van der Waals surface area contributed by atoms with Crippen molar-refractivity contribution in [2.24, 2.45) is 0 Å². The molecule has 0 radical (unpaired) electrons. The monoisotopic (exact) mass is 262 g/mol. The van der Waals surface area contributed by atoms with Gasteiger partial charge in [-0.15, -0.1) is 0 Å². The third-order valence-corrected chi connectivity index (χ3v) is 3.13. The van der Waals surface area contributed by atoms with Crippen LogP contribution in [0.3, 0.4) is 0 Å². The minimum atomic E-state index is 0.429. The molecule has 3 rings (SSSR count). The highest BCUT2D eigenvalue weighted by Crippen LogP contribution is 2.24. The van der Waals surface area contributed by atoms with Gasteiger partial charge < -0.3 is 4.98 Å². The molecule has 0 aliphatic carbocycles. The van der Waals surface area contributed by atoms with E-state index in [-0.39, 0.29) is 0 Å². The number of aromatic amines is 1. The minimum Gasteiger partial charge on any atom is -0.333 e. The number of halogens is 1. The van der Waals surface area contributed by atoms with Crippen molar-refractivity contribution in [1.29, 1.82) is 0 Å². The van der Waals surface area contributed by atoms with Gasteiger partial charge in [-0.1, -0.05) is 23.7 Å². The Kier molecular flexibility index (Phi) is 2.70. The fourth-order valence-corrected chi connectivity index (χ4v) is 2.36. The number of benzene rings is 1. The predicted molar refractivity (Wildman–Crippen MR) is 67.3 cm³/mol. The lowest BCUT2D eigenvalue weighted by atomic mass is 10.3. The third-order valence-electron chi connectivity index (χ3n) is 2.16. The first-order chi connectivity index (χ1) is 8.31. The fraction of sp³-hybridized carbons (Fsp3) is 0. The van der Waals surface area contributed by atoms with E-state index >= 15 is 0 Å². The van der Waals surface area contributed by atoms with Crippen molar-refractivity contribution in [3.8, 4) is 0 Å². The Labute approximate surface area is 106 Å². The van der Waals surface area contributed by atoms with Gasteiger partial charge in [-0.2, -0.15) is 0 Å². The summed E-state index contributed by atoms with van der Waals surface area (Å²) in [7, 11) is 0. The average Bonchev–Trinajstić information content (AvgIpc) is 2.71. The number of H-pyrrole nitrogens is 1. The third kappa shape index (κ3) is 2.25. The number of aromatic nitrogens is 4. The number of imidazole rings is 1. The van der Waals surface area contributed by atoms with E-state index in [1.165, 1.54) is 11.8 Å². The Morgan fingerprint density at radius 2 is 2.00 bits per heavy atom. The van der Waals surface area contributed by atoms with E-state index in [0.29, 0.717) is 10.3 Å². The Bertz CT molecular complexity index is 634. The smallest absolute Gasteiger partial charge is 0.196 e. The van der Waals surface area contributed by atoms with Crippen LogP contribution >= 0.6 is 23.4 Å². The summed E-state index contributed by atoms with van der Waals surface area (Å²) in [6.45, 7) is 0. The second kappa shape index (κ2) is 4.35. The van der Waals surface area contributed by atoms with Crippen LogP contribution in [0.4, 0.5) is 0 Å². The van der Waals surface area contributed by atoms with Crippen LogP contribution in [-0.4, -0.2) is 19.9 Å². The lowest BCUT2D eigenvalue weighted by molar-refractivity contribution is 0.954. The zero-order valence-electron chi connectivity index (χ0n) is 8.59. The zero-order chi connectivity index (χ0) is 11.7. The molecule has 0 spiro atoms. The second-order valence-corrected chi connectivity index (χ2v) is 4.67. The molecule has 0 fully saturated rings. The lowest BCUT2D eigenvalue weighted by Gasteiger charge is -1.95. The van der Waals surface area contributed by atoms with Crippen molar-refractivity contribution in [3.05, 3.63) is 41.7 Å². The van der Waals surface area contributed by atoms with Gasteiger partial charge in [-0.3, -0.25) is 0 Å². The maximum Gasteiger partial charge on any atom is 0.196 e. The zero-order valence-corrected chi connectivity index (χ0v) is 10.2. The molecule has 17 heavy (non-hydrogen) atoms. The van der Waals surface area contributed by atoms with Crippen molar-refractivity contribution in [1.82, 2.24) is 19.9 Å². The van der Waals surface area contributed by atoms with Crippen LogP contribution in [0.15, 0.2) is 46.8 Å². The van der Waals surface area contributed by atoms with Gasteiger partial charge in [0.05, 0.1) is 11.0 Å². The number of nitrogens with one attached hydrogen (secondary N) is 1. The second-order valence-electron chi connectivity index (χ2n) is 3.32. The first kappa shape index (κ1) is 10.6. The molecule has 0 saturated heterocycles. The number of hydrogen-bond acceptors (Lipinski definition) is 4. The highest BCUT2D eigenvalue weighted by molar-refractivity contribution is 7.99. The summed E-state index contributed by atoms with van der Waals surface area (Å²) in [5.74, 6) is 0. The largest absolute Gasteiger partial charge is 0.333 e. The summed E-state index contributed by atoms with van der Waals surface area (Å²) < 4.78 is 0. The van der Waals surface area contributed by atoms with Crippen LogP contribution in [0.25, 0.3) is 11.0 Å². The van der Waals surface area contributed by atoms with Crippen molar-refractivity contribution in [2.45, 2.75) is 10.3 Å². The predicted octanol–water partition coefficient (Wildman–Crippen LogP) is 3.16. The minimum absolute atomic E-state index is 0.429. The Morgan fingerprint density at radius 1 is 1.12 bits per heavy atom. The standard InChI is InChI=1S/C11H7ClN4S/c12-9-5-6-13-10(16-9)17-11-14-7-3-1-2-4-8(7)15-11/h1-6H,(H,14,15). The topological polar surface area (TPSA) is 54.5 Å². The number of hydrogen-bond donors (Lipinski definition) is 1. The molecule has 6 heteroatoms. The highest BCUT2D eigenvalue weighted by atomic mass is 35.5. The number of rotatable bonds is 2. The molecule has 0 atom stereocenters. The van der Waals surface area contributed by atoms with Gasteiger partial charge in [0.25, 0.3) is 0 Å². The van der Waals surface area contributed by atoms with Gasteiger partial charge in [-0.05, 0) is 30.0 Å².